The van der Waals surface area contributed by atoms with Crippen LogP contribution in [0.5, 0.6) is 0 Å². The van der Waals surface area contributed by atoms with Gasteiger partial charge in [0.25, 0.3) is 0 Å². The first-order chi connectivity index (χ1) is 9.33. The second kappa shape index (κ2) is 4.80. The molecule has 19 heavy (non-hydrogen) atoms. The third-order valence-electron chi connectivity index (χ3n) is 5.31. The molecule has 1 aromatic carbocycles. The van der Waals surface area contributed by atoms with Crippen LogP contribution in [0, 0.1) is 11.8 Å². The van der Waals surface area contributed by atoms with E-state index in [0.29, 0.717) is 0 Å². The summed E-state index contributed by atoms with van der Waals surface area (Å²) in [5, 5.41) is 3.55. The fourth-order valence-corrected chi connectivity index (χ4v) is 5.40. The van der Waals surface area contributed by atoms with Crippen LogP contribution in [0.3, 0.4) is 0 Å². The summed E-state index contributed by atoms with van der Waals surface area (Å²) in [6.45, 7) is 7.48. The van der Waals surface area contributed by atoms with Crippen LogP contribution in [-0.4, -0.2) is 42.9 Å². The summed E-state index contributed by atoms with van der Waals surface area (Å²) < 4.78 is 0. The Morgan fingerprint density at radius 3 is 3.11 bits per heavy atom. The van der Waals surface area contributed by atoms with Gasteiger partial charge in [-0.25, -0.2) is 0 Å². The van der Waals surface area contributed by atoms with Crippen molar-refractivity contribution in [1.29, 1.82) is 0 Å². The van der Waals surface area contributed by atoms with Crippen LogP contribution in [-0.2, 0) is 0 Å². The molecule has 4 rings (SSSR count). The quantitative estimate of drug-likeness (QED) is 0.891. The van der Waals surface area contributed by atoms with Gasteiger partial charge in [-0.15, -0.1) is 11.8 Å². The minimum atomic E-state index is 0.746. The average Bonchev–Trinajstić information content (AvgIpc) is 3.10. The molecule has 1 N–H and O–H groups in total. The molecule has 2 saturated heterocycles. The molecule has 4 atom stereocenters. The van der Waals surface area contributed by atoms with Crippen molar-refractivity contribution in [3.05, 3.63) is 29.8 Å². The van der Waals surface area contributed by atoms with Crippen LogP contribution in [0.1, 0.15) is 18.4 Å². The number of likely N-dealkylation sites (tertiary alicyclic amines) is 1. The molecule has 102 valence electrons. The zero-order chi connectivity index (χ0) is 12.8. The number of hydrogen-bond acceptors (Lipinski definition) is 3. The van der Waals surface area contributed by atoms with E-state index in [1.54, 1.807) is 5.56 Å². The molecule has 0 spiro atoms. The summed E-state index contributed by atoms with van der Waals surface area (Å²) in [6.07, 6.45) is 0. The zero-order valence-electron chi connectivity index (χ0n) is 11.5. The van der Waals surface area contributed by atoms with E-state index in [1.165, 1.54) is 36.8 Å². The van der Waals surface area contributed by atoms with Crippen molar-refractivity contribution in [2.24, 2.45) is 11.8 Å². The van der Waals surface area contributed by atoms with Gasteiger partial charge in [-0.2, -0.15) is 0 Å². The molecule has 3 heteroatoms. The summed E-state index contributed by atoms with van der Waals surface area (Å²) in [5.74, 6) is 3.81. The lowest BCUT2D eigenvalue weighted by molar-refractivity contribution is 0.230. The summed E-state index contributed by atoms with van der Waals surface area (Å²) >= 11 is 2.04. The van der Waals surface area contributed by atoms with Gasteiger partial charge < -0.3 is 5.32 Å². The van der Waals surface area contributed by atoms with Crippen LogP contribution in [0.15, 0.2) is 29.2 Å². The van der Waals surface area contributed by atoms with Crippen LogP contribution in [0.25, 0.3) is 0 Å². The number of thioether (sulfide) groups is 1. The van der Waals surface area contributed by atoms with Crippen molar-refractivity contribution in [2.75, 3.05) is 31.9 Å². The fourth-order valence-electron chi connectivity index (χ4n) is 4.16. The Morgan fingerprint density at radius 2 is 2.21 bits per heavy atom. The molecule has 1 aromatic rings. The van der Waals surface area contributed by atoms with E-state index in [2.05, 4.69) is 41.4 Å². The molecule has 2 nitrogen and oxygen atoms in total. The molecule has 0 radical (unpaired) electrons. The van der Waals surface area contributed by atoms with E-state index < -0.39 is 0 Å². The van der Waals surface area contributed by atoms with Crippen molar-refractivity contribution < 1.29 is 0 Å². The Morgan fingerprint density at radius 1 is 1.32 bits per heavy atom. The van der Waals surface area contributed by atoms with Crippen molar-refractivity contribution in [1.82, 2.24) is 10.2 Å². The standard InChI is InChI=1S/C16H22N2S/c1-11-15-7-17-6-12(15)8-18(11)9-13-10-19-16-5-3-2-4-14(13)16/h2-5,11-13,15,17H,6-10H2,1H3. The molecule has 0 bridgehead atoms. The normalized spacial score (nSPS) is 37.5. The molecule has 0 amide bonds. The van der Waals surface area contributed by atoms with E-state index >= 15 is 0 Å². The first-order valence-electron chi connectivity index (χ1n) is 7.49. The summed E-state index contributed by atoms with van der Waals surface area (Å²) in [5.41, 5.74) is 1.59. The van der Waals surface area contributed by atoms with Gasteiger partial charge in [0.15, 0.2) is 0 Å². The lowest BCUT2D eigenvalue weighted by Crippen LogP contribution is -2.36. The highest BCUT2D eigenvalue weighted by Crippen LogP contribution is 2.41. The smallest absolute Gasteiger partial charge is 0.0111 e. The van der Waals surface area contributed by atoms with Crippen LogP contribution in [0.2, 0.25) is 0 Å². The molecule has 0 saturated carbocycles. The maximum absolute atomic E-state index is 3.55. The number of nitrogens with one attached hydrogen (secondary N) is 1. The third kappa shape index (κ3) is 2.03. The van der Waals surface area contributed by atoms with Gasteiger partial charge in [-0.3, -0.25) is 4.90 Å². The Balaban J connectivity index is 1.49. The molecule has 0 aromatic heterocycles. The molecule has 3 aliphatic heterocycles. The number of benzene rings is 1. The number of rotatable bonds is 2. The van der Waals surface area contributed by atoms with E-state index in [9.17, 15) is 0 Å². The Labute approximate surface area is 119 Å². The van der Waals surface area contributed by atoms with Crippen LogP contribution >= 0.6 is 11.8 Å². The minimum absolute atomic E-state index is 0.746. The summed E-state index contributed by atoms with van der Waals surface area (Å²) in [7, 11) is 0. The summed E-state index contributed by atoms with van der Waals surface area (Å²) in [4.78, 5) is 4.27. The maximum Gasteiger partial charge on any atom is 0.0111 e. The second-order valence-electron chi connectivity index (χ2n) is 6.32. The van der Waals surface area contributed by atoms with Gasteiger partial charge in [0, 0.05) is 35.7 Å². The molecular weight excluding hydrogens is 252 g/mol. The highest BCUT2D eigenvalue weighted by Gasteiger charge is 2.42. The van der Waals surface area contributed by atoms with Crippen molar-refractivity contribution in [3.8, 4) is 0 Å². The first-order valence-corrected chi connectivity index (χ1v) is 8.48. The van der Waals surface area contributed by atoms with Gasteiger partial charge >= 0.3 is 0 Å². The van der Waals surface area contributed by atoms with Gasteiger partial charge in [-0.1, -0.05) is 18.2 Å². The Hall–Kier alpha value is -0.510. The maximum atomic E-state index is 3.55. The Kier molecular flexibility index (Phi) is 3.09. The van der Waals surface area contributed by atoms with Gasteiger partial charge in [0.2, 0.25) is 0 Å². The lowest BCUT2D eigenvalue weighted by Gasteiger charge is -2.27. The lowest BCUT2D eigenvalue weighted by atomic mass is 9.95. The van der Waals surface area contributed by atoms with Crippen LogP contribution < -0.4 is 5.32 Å². The number of nitrogens with zero attached hydrogens (tertiary/aromatic N) is 1. The van der Waals surface area contributed by atoms with E-state index in [-0.39, 0.29) is 0 Å². The SMILES string of the molecule is CC1C2CNCC2CN1CC1CSc2ccccc21. The molecule has 2 fully saturated rings. The largest absolute Gasteiger partial charge is 0.316 e. The fraction of sp³-hybridized carbons (Fsp3) is 0.625. The van der Waals surface area contributed by atoms with Gasteiger partial charge in [0.1, 0.15) is 0 Å². The number of hydrogen-bond donors (Lipinski definition) is 1. The first kappa shape index (κ1) is 12.2. The molecule has 4 unspecified atom stereocenters. The van der Waals surface area contributed by atoms with Gasteiger partial charge in [0.05, 0.1) is 0 Å². The molecule has 3 aliphatic rings. The monoisotopic (exact) mass is 274 g/mol. The van der Waals surface area contributed by atoms with E-state index in [4.69, 9.17) is 0 Å². The third-order valence-corrected chi connectivity index (χ3v) is 6.56. The molecular formula is C16H22N2S. The van der Waals surface area contributed by atoms with Gasteiger partial charge in [-0.05, 0) is 43.5 Å². The highest BCUT2D eigenvalue weighted by atomic mass is 32.2. The predicted octanol–water partition coefficient (Wildman–Crippen LogP) is 2.42. The zero-order valence-corrected chi connectivity index (χ0v) is 12.3. The molecule has 0 aliphatic carbocycles. The van der Waals surface area contributed by atoms with Crippen molar-refractivity contribution in [3.63, 3.8) is 0 Å². The second-order valence-corrected chi connectivity index (χ2v) is 7.38. The van der Waals surface area contributed by atoms with Crippen molar-refractivity contribution >= 4 is 11.8 Å². The van der Waals surface area contributed by atoms with E-state index in [1.807, 2.05) is 11.8 Å². The van der Waals surface area contributed by atoms with Crippen molar-refractivity contribution in [2.45, 2.75) is 23.8 Å². The molecule has 3 heterocycles. The predicted molar refractivity (Wildman–Crippen MR) is 80.8 cm³/mol. The minimum Gasteiger partial charge on any atom is -0.316 e. The average molecular weight is 274 g/mol. The summed E-state index contributed by atoms with van der Waals surface area (Å²) in [6, 6.07) is 9.75. The highest BCUT2D eigenvalue weighted by molar-refractivity contribution is 7.99. The van der Waals surface area contributed by atoms with E-state index in [0.717, 1.165) is 23.8 Å². The van der Waals surface area contributed by atoms with Crippen LogP contribution in [0.4, 0.5) is 0 Å². The topological polar surface area (TPSA) is 15.3 Å². The number of fused-ring (bicyclic) bond motifs is 2. The Bertz CT molecular complexity index is 476.